The van der Waals surface area contributed by atoms with Gasteiger partial charge in [-0.2, -0.15) is 0 Å². The Morgan fingerprint density at radius 3 is 2.29 bits per heavy atom. The number of aromatic amines is 1. The molecule has 1 aliphatic rings. The number of carboxylic acids is 1. The molecular formula is C36H56N12O8. The average molecular weight is 785 g/mol. The van der Waals surface area contributed by atoms with E-state index in [9.17, 15) is 38.7 Å². The number of unbranched alkanes of at least 4 members (excludes halogenated alkanes) is 1. The lowest BCUT2D eigenvalue weighted by molar-refractivity contribution is -0.143. The van der Waals surface area contributed by atoms with E-state index in [1.807, 2.05) is 24.3 Å². The van der Waals surface area contributed by atoms with Crippen LogP contribution in [-0.4, -0.2) is 125 Å². The van der Waals surface area contributed by atoms with E-state index in [1.165, 1.54) is 11.8 Å². The van der Waals surface area contributed by atoms with Crippen molar-refractivity contribution in [1.82, 2.24) is 41.8 Å². The first kappa shape index (κ1) is 44.6. The van der Waals surface area contributed by atoms with Gasteiger partial charge in [-0.3, -0.25) is 39.0 Å². The van der Waals surface area contributed by atoms with E-state index in [0.717, 1.165) is 10.9 Å². The number of aliphatic carboxylic acids is 1. The number of amides is 6. The van der Waals surface area contributed by atoms with Crippen molar-refractivity contribution in [2.45, 2.75) is 94.9 Å². The molecular weight excluding hydrogens is 728 g/mol. The summed E-state index contributed by atoms with van der Waals surface area (Å²) in [5, 5.41) is 33.1. The SMILES string of the molecule is C[C@H](NC(=O)[C@H](Cc1c[nH]c2ccccc12)NC(=O)[C@H](CCCCN)NC(=O)[C@@H]1CCCCN1C(=O)CNC(=O)[C@H](CCCNC(=N)N)NC(=O)CN)C(=O)O. The number of benzene rings is 1. The molecule has 3 rings (SSSR count). The maximum absolute atomic E-state index is 13.9. The predicted molar refractivity (Wildman–Crippen MR) is 207 cm³/mol. The van der Waals surface area contributed by atoms with Crippen LogP contribution in [-0.2, 0) is 40.0 Å². The zero-order valence-corrected chi connectivity index (χ0v) is 31.7. The van der Waals surface area contributed by atoms with Gasteiger partial charge in [0.1, 0.15) is 30.2 Å². The summed E-state index contributed by atoms with van der Waals surface area (Å²) in [6, 6.07) is 1.81. The lowest BCUT2D eigenvalue weighted by Gasteiger charge is -2.36. The lowest BCUT2D eigenvalue weighted by Crippen LogP contribution is -2.59. The fraction of sp³-hybridized carbons (Fsp3) is 0.556. The van der Waals surface area contributed by atoms with Crippen molar-refractivity contribution in [2.75, 3.05) is 32.7 Å². The standard InChI is InChI=1S/C36H56N12O8/c1-21(35(55)56)44-33(53)27(17-22-19-42-24-10-3-2-9-23(22)24)47-32(52)26(11-4-6-14-37)46-34(54)28-13-5-7-16-48(28)30(50)20-43-31(51)25(45-29(49)18-38)12-8-15-41-36(39)40/h2-3,9-10,19,21,25-28,42H,4-8,11-18,20,37-38H2,1H3,(H,43,51)(H,44,53)(H,45,49)(H,46,54)(H,47,52)(H,55,56)(H4,39,40,41)/t21-,25-,26-,27-,28-/m0/s1. The summed E-state index contributed by atoms with van der Waals surface area (Å²) in [5.74, 6) is -5.27. The van der Waals surface area contributed by atoms with Gasteiger partial charge >= 0.3 is 5.97 Å². The molecule has 0 aliphatic carbocycles. The number of nitrogens with zero attached hydrogens (tertiary/aromatic N) is 1. The third kappa shape index (κ3) is 13.8. The molecule has 1 fully saturated rings. The van der Waals surface area contributed by atoms with Gasteiger partial charge in [0.2, 0.25) is 35.4 Å². The number of carbonyl (C=O) groups excluding carboxylic acids is 6. The van der Waals surface area contributed by atoms with Crippen molar-refractivity contribution in [1.29, 1.82) is 5.41 Å². The molecule has 1 aliphatic heterocycles. The van der Waals surface area contributed by atoms with Gasteiger partial charge in [-0.05, 0) is 76.5 Å². The first-order chi connectivity index (χ1) is 26.7. The number of nitrogens with two attached hydrogens (primary N) is 3. The Morgan fingerprint density at radius 2 is 1.59 bits per heavy atom. The molecule has 6 amide bonds. The average Bonchev–Trinajstić information content (AvgIpc) is 3.59. The fourth-order valence-electron chi connectivity index (χ4n) is 6.35. The summed E-state index contributed by atoms with van der Waals surface area (Å²) in [4.78, 5) is 95.7. The molecule has 308 valence electrons. The number of likely N-dealkylation sites (tertiary alicyclic amines) is 1. The van der Waals surface area contributed by atoms with Gasteiger partial charge in [0.15, 0.2) is 5.96 Å². The van der Waals surface area contributed by atoms with Crippen LogP contribution in [0.5, 0.6) is 0 Å². The van der Waals surface area contributed by atoms with Crippen LogP contribution in [0.1, 0.15) is 63.9 Å². The zero-order chi connectivity index (χ0) is 41.2. The Kier molecular flexibility index (Phi) is 18.0. The molecule has 2 heterocycles. The molecule has 5 atom stereocenters. The number of nitrogens with one attached hydrogen (secondary N) is 8. The Labute approximate surface area is 324 Å². The second-order valence-corrected chi connectivity index (χ2v) is 13.7. The molecule has 0 bridgehead atoms. The number of aromatic nitrogens is 1. The van der Waals surface area contributed by atoms with Gasteiger partial charge in [0.25, 0.3) is 0 Å². The summed E-state index contributed by atoms with van der Waals surface area (Å²) in [6.45, 7) is 1.31. The van der Waals surface area contributed by atoms with Crippen molar-refractivity contribution >= 4 is 58.3 Å². The molecule has 56 heavy (non-hydrogen) atoms. The molecule has 0 saturated carbocycles. The number of carbonyl (C=O) groups is 7. The highest BCUT2D eigenvalue weighted by atomic mass is 16.4. The third-order valence-electron chi connectivity index (χ3n) is 9.40. The predicted octanol–water partition coefficient (Wildman–Crippen LogP) is -2.40. The molecule has 1 aromatic heterocycles. The van der Waals surface area contributed by atoms with Crippen LogP contribution in [0.15, 0.2) is 30.5 Å². The normalized spacial score (nSPS) is 16.1. The number of rotatable bonds is 22. The number of fused-ring (bicyclic) bond motifs is 1. The molecule has 0 unspecified atom stereocenters. The van der Waals surface area contributed by atoms with Crippen LogP contribution in [0.2, 0.25) is 0 Å². The molecule has 0 radical (unpaired) electrons. The fourth-order valence-corrected chi connectivity index (χ4v) is 6.35. The van der Waals surface area contributed by atoms with E-state index < -0.39 is 78.2 Å². The van der Waals surface area contributed by atoms with Gasteiger partial charge in [-0.25, -0.2) is 0 Å². The third-order valence-corrected chi connectivity index (χ3v) is 9.40. The van der Waals surface area contributed by atoms with Crippen molar-refractivity contribution in [3.63, 3.8) is 0 Å². The minimum atomic E-state index is -1.26. The smallest absolute Gasteiger partial charge is 0.325 e. The molecule has 2 aromatic rings. The van der Waals surface area contributed by atoms with E-state index in [0.29, 0.717) is 50.6 Å². The van der Waals surface area contributed by atoms with Crippen molar-refractivity contribution in [2.24, 2.45) is 17.2 Å². The number of piperidine rings is 1. The van der Waals surface area contributed by atoms with E-state index in [4.69, 9.17) is 22.6 Å². The van der Waals surface area contributed by atoms with Crippen molar-refractivity contribution in [3.05, 3.63) is 36.0 Å². The molecule has 1 aromatic carbocycles. The highest BCUT2D eigenvalue weighted by Crippen LogP contribution is 2.20. The summed E-state index contributed by atoms with van der Waals surface area (Å²) in [7, 11) is 0. The second-order valence-electron chi connectivity index (χ2n) is 13.7. The Morgan fingerprint density at radius 1 is 0.893 bits per heavy atom. The maximum atomic E-state index is 13.9. The number of guanidine groups is 1. The van der Waals surface area contributed by atoms with Crippen LogP contribution in [0.4, 0.5) is 0 Å². The lowest BCUT2D eigenvalue weighted by atomic mass is 9.99. The number of hydrogen-bond acceptors (Lipinski definition) is 10. The molecule has 15 N–H and O–H groups in total. The Hall–Kier alpha value is -5.76. The van der Waals surface area contributed by atoms with Crippen LogP contribution >= 0.6 is 0 Å². The van der Waals surface area contributed by atoms with Crippen LogP contribution < -0.4 is 49.1 Å². The second kappa shape index (κ2) is 22.6. The first-order valence-electron chi connectivity index (χ1n) is 18.8. The van der Waals surface area contributed by atoms with Crippen LogP contribution in [0, 0.1) is 5.41 Å². The zero-order valence-electron chi connectivity index (χ0n) is 31.7. The van der Waals surface area contributed by atoms with Gasteiger partial charge in [0, 0.05) is 36.6 Å². The molecule has 0 spiro atoms. The van der Waals surface area contributed by atoms with Crippen LogP contribution in [0.3, 0.4) is 0 Å². The summed E-state index contributed by atoms with van der Waals surface area (Å²) < 4.78 is 0. The van der Waals surface area contributed by atoms with E-state index in [2.05, 4.69) is 36.9 Å². The summed E-state index contributed by atoms with van der Waals surface area (Å²) >= 11 is 0. The monoisotopic (exact) mass is 784 g/mol. The largest absolute Gasteiger partial charge is 0.480 e. The number of hydrogen-bond donors (Lipinski definition) is 12. The van der Waals surface area contributed by atoms with Gasteiger partial charge in [-0.1, -0.05) is 18.2 Å². The first-order valence-corrected chi connectivity index (χ1v) is 18.8. The molecule has 20 heteroatoms. The van der Waals surface area contributed by atoms with E-state index in [1.54, 1.807) is 6.20 Å². The minimum absolute atomic E-state index is 0.0140. The highest BCUT2D eigenvalue weighted by molar-refractivity contribution is 5.96. The van der Waals surface area contributed by atoms with Crippen LogP contribution in [0.25, 0.3) is 10.9 Å². The quantitative estimate of drug-likeness (QED) is 0.0338. The number of para-hydroxylation sites is 1. The van der Waals surface area contributed by atoms with Gasteiger partial charge < -0.3 is 64.1 Å². The maximum Gasteiger partial charge on any atom is 0.325 e. The highest BCUT2D eigenvalue weighted by Gasteiger charge is 2.36. The Balaban J connectivity index is 1.74. The van der Waals surface area contributed by atoms with E-state index in [-0.39, 0.29) is 44.9 Å². The van der Waals surface area contributed by atoms with Gasteiger partial charge in [0.05, 0.1) is 13.1 Å². The van der Waals surface area contributed by atoms with Crippen molar-refractivity contribution < 1.29 is 38.7 Å². The summed E-state index contributed by atoms with van der Waals surface area (Å²) in [6.07, 6.45) is 4.92. The number of carboxylic acid groups (broad SMARTS) is 1. The molecule has 20 nitrogen and oxygen atoms in total. The molecule has 1 saturated heterocycles. The summed E-state index contributed by atoms with van der Waals surface area (Å²) in [5.41, 5.74) is 17.9. The van der Waals surface area contributed by atoms with E-state index >= 15 is 0 Å². The number of H-pyrrole nitrogens is 1. The Bertz CT molecular complexity index is 1700. The topological polar surface area (TPSA) is 333 Å². The van der Waals surface area contributed by atoms with Crippen molar-refractivity contribution in [3.8, 4) is 0 Å². The minimum Gasteiger partial charge on any atom is -0.480 e. The van der Waals surface area contributed by atoms with Gasteiger partial charge in [-0.15, -0.1) is 0 Å².